The van der Waals surface area contributed by atoms with Crippen molar-refractivity contribution >= 4 is 11.9 Å². The Balaban J connectivity index is 4.24. The molecule has 5 nitrogen and oxygen atoms in total. The molecule has 0 spiro atoms. The topological polar surface area (TPSA) is 92.4 Å². The summed E-state index contributed by atoms with van der Waals surface area (Å²) in [5.41, 5.74) is 4.07. The first-order chi connectivity index (χ1) is 6.31. The molecule has 1 amide bonds. The molecule has 14 heavy (non-hydrogen) atoms. The van der Waals surface area contributed by atoms with Crippen molar-refractivity contribution in [1.82, 2.24) is 5.32 Å². The molecule has 1 unspecified atom stereocenters. The van der Waals surface area contributed by atoms with Crippen LogP contribution < -0.4 is 11.1 Å². The number of carboxylic acids is 1. The normalized spacial score (nSPS) is 13.4. The highest BCUT2D eigenvalue weighted by Gasteiger charge is 2.30. The van der Waals surface area contributed by atoms with Crippen LogP contribution in [0.15, 0.2) is 0 Å². The summed E-state index contributed by atoms with van der Waals surface area (Å²) in [7, 11) is 0. The highest BCUT2D eigenvalue weighted by atomic mass is 16.4. The zero-order valence-electron chi connectivity index (χ0n) is 8.83. The standard InChI is InChI=1S/C9H18N2O3/c1-6(4-5-10)7(12)11-9(2,3)8(13)14/h6H,4-5,10H2,1-3H3,(H,11,12)(H,13,14). The smallest absolute Gasteiger partial charge is 0.328 e. The summed E-state index contributed by atoms with van der Waals surface area (Å²) < 4.78 is 0. The van der Waals surface area contributed by atoms with Gasteiger partial charge < -0.3 is 16.2 Å². The minimum absolute atomic E-state index is 0.251. The van der Waals surface area contributed by atoms with Gasteiger partial charge in [-0.2, -0.15) is 0 Å². The fourth-order valence-electron chi connectivity index (χ4n) is 0.866. The number of carbonyl (C=O) groups excluding carboxylic acids is 1. The van der Waals surface area contributed by atoms with E-state index in [1.165, 1.54) is 13.8 Å². The van der Waals surface area contributed by atoms with E-state index in [0.29, 0.717) is 13.0 Å². The molecule has 0 aromatic rings. The van der Waals surface area contributed by atoms with E-state index in [1.807, 2.05) is 0 Å². The molecule has 0 rings (SSSR count). The third-order valence-corrected chi connectivity index (χ3v) is 2.02. The van der Waals surface area contributed by atoms with Crippen molar-refractivity contribution in [2.75, 3.05) is 6.54 Å². The second-order valence-corrected chi connectivity index (χ2v) is 3.90. The molecule has 0 saturated carbocycles. The molecule has 82 valence electrons. The molecule has 0 aromatic heterocycles. The van der Waals surface area contributed by atoms with Gasteiger partial charge in [-0.05, 0) is 26.8 Å². The predicted molar refractivity (Wildman–Crippen MR) is 52.7 cm³/mol. The Morgan fingerprint density at radius 2 is 2.00 bits per heavy atom. The molecule has 0 aliphatic carbocycles. The second-order valence-electron chi connectivity index (χ2n) is 3.90. The third kappa shape index (κ3) is 3.74. The third-order valence-electron chi connectivity index (χ3n) is 2.02. The first kappa shape index (κ1) is 12.9. The number of nitrogens with two attached hydrogens (primary N) is 1. The van der Waals surface area contributed by atoms with E-state index >= 15 is 0 Å². The summed E-state index contributed by atoms with van der Waals surface area (Å²) in [6, 6.07) is 0. The van der Waals surface area contributed by atoms with Gasteiger partial charge in [-0.15, -0.1) is 0 Å². The van der Waals surface area contributed by atoms with Crippen LogP contribution in [0.1, 0.15) is 27.2 Å². The van der Waals surface area contributed by atoms with Gasteiger partial charge in [0.15, 0.2) is 0 Å². The van der Waals surface area contributed by atoms with E-state index in [0.717, 1.165) is 0 Å². The zero-order chi connectivity index (χ0) is 11.4. The van der Waals surface area contributed by atoms with E-state index in [1.54, 1.807) is 6.92 Å². The lowest BCUT2D eigenvalue weighted by atomic mass is 10.0. The molecular formula is C9H18N2O3. The molecule has 0 aliphatic heterocycles. The number of rotatable bonds is 5. The summed E-state index contributed by atoms with van der Waals surface area (Å²) in [4.78, 5) is 22.1. The molecule has 0 aliphatic rings. The molecule has 0 fully saturated rings. The van der Waals surface area contributed by atoms with E-state index in [4.69, 9.17) is 10.8 Å². The number of amides is 1. The van der Waals surface area contributed by atoms with E-state index < -0.39 is 11.5 Å². The van der Waals surface area contributed by atoms with Crippen molar-refractivity contribution in [2.24, 2.45) is 11.7 Å². The number of aliphatic carboxylic acids is 1. The number of hydrogen-bond acceptors (Lipinski definition) is 3. The molecule has 1 atom stereocenters. The Morgan fingerprint density at radius 1 is 1.50 bits per heavy atom. The minimum Gasteiger partial charge on any atom is -0.480 e. The van der Waals surface area contributed by atoms with Gasteiger partial charge in [-0.3, -0.25) is 4.79 Å². The van der Waals surface area contributed by atoms with Gasteiger partial charge >= 0.3 is 5.97 Å². The average Bonchev–Trinajstić information content (AvgIpc) is 2.03. The monoisotopic (exact) mass is 202 g/mol. The van der Waals surface area contributed by atoms with Gasteiger partial charge in [0.1, 0.15) is 5.54 Å². The lowest BCUT2D eigenvalue weighted by molar-refractivity contribution is -0.146. The highest BCUT2D eigenvalue weighted by molar-refractivity contribution is 5.87. The van der Waals surface area contributed by atoms with Crippen molar-refractivity contribution in [3.63, 3.8) is 0 Å². The summed E-state index contributed by atoms with van der Waals surface area (Å²) in [6.07, 6.45) is 0.557. The molecule has 0 aromatic carbocycles. The van der Waals surface area contributed by atoms with E-state index in [2.05, 4.69) is 5.32 Å². The molecule has 0 heterocycles. The maximum absolute atomic E-state index is 11.4. The summed E-state index contributed by atoms with van der Waals surface area (Å²) >= 11 is 0. The van der Waals surface area contributed by atoms with Crippen LogP contribution in [0.2, 0.25) is 0 Å². The van der Waals surface area contributed by atoms with Gasteiger partial charge in [0, 0.05) is 5.92 Å². The zero-order valence-corrected chi connectivity index (χ0v) is 8.83. The van der Waals surface area contributed by atoms with Crippen LogP contribution in [0.3, 0.4) is 0 Å². The SMILES string of the molecule is CC(CCN)C(=O)NC(C)(C)C(=O)O. The number of carboxylic acid groups (broad SMARTS) is 1. The van der Waals surface area contributed by atoms with Gasteiger partial charge in [0.05, 0.1) is 0 Å². The van der Waals surface area contributed by atoms with Crippen LogP contribution in [-0.4, -0.2) is 29.1 Å². The Bertz CT molecular complexity index is 226. The largest absolute Gasteiger partial charge is 0.480 e. The van der Waals surface area contributed by atoms with Crippen molar-refractivity contribution in [2.45, 2.75) is 32.7 Å². The second kappa shape index (κ2) is 4.95. The Hall–Kier alpha value is -1.10. The maximum atomic E-state index is 11.4. The first-order valence-electron chi connectivity index (χ1n) is 4.56. The van der Waals surface area contributed by atoms with Crippen LogP contribution in [0, 0.1) is 5.92 Å². The summed E-state index contributed by atoms with van der Waals surface area (Å²) in [5.74, 6) is -1.58. The van der Waals surface area contributed by atoms with Crippen molar-refractivity contribution in [1.29, 1.82) is 0 Å². The summed E-state index contributed by atoms with van der Waals surface area (Å²) in [6.45, 7) is 5.03. The minimum atomic E-state index is -1.22. The first-order valence-corrected chi connectivity index (χ1v) is 4.56. The molecule has 0 radical (unpaired) electrons. The van der Waals surface area contributed by atoms with Gasteiger partial charge in [0.2, 0.25) is 5.91 Å². The number of nitrogens with one attached hydrogen (secondary N) is 1. The molecule has 4 N–H and O–H groups in total. The van der Waals surface area contributed by atoms with E-state index in [-0.39, 0.29) is 11.8 Å². The Labute approximate surface area is 83.7 Å². The quantitative estimate of drug-likeness (QED) is 0.582. The van der Waals surface area contributed by atoms with Crippen LogP contribution in [0.25, 0.3) is 0 Å². The van der Waals surface area contributed by atoms with Crippen molar-refractivity contribution in [3.8, 4) is 0 Å². The average molecular weight is 202 g/mol. The number of hydrogen-bond donors (Lipinski definition) is 3. The van der Waals surface area contributed by atoms with Gasteiger partial charge in [0.25, 0.3) is 0 Å². The van der Waals surface area contributed by atoms with Crippen LogP contribution in [-0.2, 0) is 9.59 Å². The fraction of sp³-hybridized carbons (Fsp3) is 0.778. The fourth-order valence-corrected chi connectivity index (χ4v) is 0.866. The van der Waals surface area contributed by atoms with Gasteiger partial charge in [-0.1, -0.05) is 6.92 Å². The maximum Gasteiger partial charge on any atom is 0.328 e. The molecule has 0 saturated heterocycles. The van der Waals surface area contributed by atoms with Crippen molar-refractivity contribution in [3.05, 3.63) is 0 Å². The lowest BCUT2D eigenvalue weighted by Crippen LogP contribution is -2.51. The lowest BCUT2D eigenvalue weighted by Gasteiger charge is -2.23. The van der Waals surface area contributed by atoms with Gasteiger partial charge in [-0.25, -0.2) is 4.79 Å². The van der Waals surface area contributed by atoms with Crippen LogP contribution in [0.4, 0.5) is 0 Å². The molecule has 0 bridgehead atoms. The summed E-state index contributed by atoms with van der Waals surface area (Å²) in [5, 5.41) is 11.2. The number of carbonyl (C=O) groups is 2. The predicted octanol–water partition coefficient (Wildman–Crippen LogP) is -0.0493. The van der Waals surface area contributed by atoms with Crippen LogP contribution in [0.5, 0.6) is 0 Å². The van der Waals surface area contributed by atoms with E-state index in [9.17, 15) is 9.59 Å². The highest BCUT2D eigenvalue weighted by Crippen LogP contribution is 2.06. The molecule has 5 heteroatoms. The Morgan fingerprint density at radius 3 is 2.36 bits per heavy atom. The van der Waals surface area contributed by atoms with Crippen molar-refractivity contribution < 1.29 is 14.7 Å². The molecular weight excluding hydrogens is 184 g/mol. The van der Waals surface area contributed by atoms with Crippen LogP contribution >= 0.6 is 0 Å². The Kier molecular flexibility index (Phi) is 4.56.